The van der Waals surface area contributed by atoms with Crippen LogP contribution in [-0.4, -0.2) is 49.3 Å². The largest absolute Gasteiger partial charge is 0.375 e. The molecule has 3 aliphatic rings. The summed E-state index contributed by atoms with van der Waals surface area (Å²) in [6.07, 6.45) is 10.3. The Morgan fingerprint density at radius 1 is 1.00 bits per heavy atom. The Morgan fingerprint density at radius 2 is 1.63 bits per heavy atom. The lowest BCUT2D eigenvalue weighted by molar-refractivity contribution is -0.0655. The maximum Gasteiger partial charge on any atom is 0.0603 e. The highest BCUT2D eigenvalue weighted by Gasteiger charge is 2.34. The lowest BCUT2D eigenvalue weighted by atomic mass is 9.77. The molecule has 1 saturated carbocycles. The monoisotopic (exact) mass is 266 g/mol. The van der Waals surface area contributed by atoms with Gasteiger partial charge in [0.05, 0.1) is 12.2 Å². The highest BCUT2D eigenvalue weighted by molar-refractivity contribution is 4.89. The summed E-state index contributed by atoms with van der Waals surface area (Å²) >= 11 is 0. The molecule has 0 atom stereocenters. The van der Waals surface area contributed by atoms with Crippen molar-refractivity contribution in [3.63, 3.8) is 0 Å². The molecule has 2 saturated heterocycles. The molecule has 3 nitrogen and oxygen atoms in total. The summed E-state index contributed by atoms with van der Waals surface area (Å²) in [6.45, 7) is 7.17. The van der Waals surface area contributed by atoms with Crippen molar-refractivity contribution in [2.75, 3.05) is 26.2 Å². The fourth-order valence-electron chi connectivity index (χ4n) is 3.91. The van der Waals surface area contributed by atoms with Gasteiger partial charge in [-0.25, -0.2) is 0 Å². The molecule has 19 heavy (non-hydrogen) atoms. The average molecular weight is 266 g/mol. The van der Waals surface area contributed by atoms with Crippen LogP contribution >= 0.6 is 0 Å². The Hall–Kier alpha value is -0.120. The highest BCUT2D eigenvalue weighted by atomic mass is 16.5. The van der Waals surface area contributed by atoms with Crippen LogP contribution in [0.3, 0.4) is 0 Å². The van der Waals surface area contributed by atoms with Crippen molar-refractivity contribution >= 4 is 0 Å². The summed E-state index contributed by atoms with van der Waals surface area (Å²) in [7, 11) is 0. The first-order valence-electron chi connectivity index (χ1n) is 8.45. The first-order valence-corrected chi connectivity index (χ1v) is 8.45. The highest BCUT2D eigenvalue weighted by Crippen LogP contribution is 2.35. The minimum absolute atomic E-state index is 0.533. The second kappa shape index (κ2) is 6.55. The number of nitrogens with one attached hydrogen (secondary N) is 1. The van der Waals surface area contributed by atoms with E-state index in [0.717, 1.165) is 25.0 Å². The van der Waals surface area contributed by atoms with Crippen LogP contribution < -0.4 is 5.32 Å². The average Bonchev–Trinajstić information content (AvgIpc) is 2.41. The molecule has 3 heteroatoms. The van der Waals surface area contributed by atoms with E-state index < -0.39 is 0 Å². The molecule has 3 rings (SSSR count). The van der Waals surface area contributed by atoms with Crippen LogP contribution in [0.4, 0.5) is 0 Å². The van der Waals surface area contributed by atoms with Gasteiger partial charge >= 0.3 is 0 Å². The maximum absolute atomic E-state index is 6.29. The zero-order valence-electron chi connectivity index (χ0n) is 12.4. The molecule has 0 radical (unpaired) electrons. The van der Waals surface area contributed by atoms with E-state index in [1.54, 1.807) is 0 Å². The summed E-state index contributed by atoms with van der Waals surface area (Å²) in [5, 5.41) is 3.41. The molecule has 0 spiro atoms. The van der Waals surface area contributed by atoms with Gasteiger partial charge in [0.25, 0.3) is 0 Å². The smallest absolute Gasteiger partial charge is 0.0603 e. The van der Waals surface area contributed by atoms with Gasteiger partial charge in [-0.15, -0.1) is 0 Å². The lowest BCUT2D eigenvalue weighted by Gasteiger charge is -2.46. The molecule has 2 heterocycles. The molecule has 0 bridgehead atoms. The van der Waals surface area contributed by atoms with Gasteiger partial charge < -0.3 is 15.0 Å². The Morgan fingerprint density at radius 3 is 2.26 bits per heavy atom. The topological polar surface area (TPSA) is 24.5 Å². The molecular formula is C16H30N2O. The Balaban J connectivity index is 1.35. The van der Waals surface area contributed by atoms with E-state index in [0.29, 0.717) is 12.2 Å². The van der Waals surface area contributed by atoms with E-state index in [2.05, 4.69) is 17.1 Å². The van der Waals surface area contributed by atoms with Gasteiger partial charge in [-0.2, -0.15) is 0 Å². The van der Waals surface area contributed by atoms with E-state index in [9.17, 15) is 0 Å². The number of hydrogen-bond acceptors (Lipinski definition) is 3. The third-order valence-electron chi connectivity index (χ3n) is 5.45. The molecule has 0 amide bonds. The number of ether oxygens (including phenoxy) is 1. The van der Waals surface area contributed by atoms with Crippen LogP contribution in [0.25, 0.3) is 0 Å². The van der Waals surface area contributed by atoms with Gasteiger partial charge in [-0.3, -0.25) is 0 Å². The van der Waals surface area contributed by atoms with E-state index in [1.165, 1.54) is 58.0 Å². The molecule has 110 valence electrons. The standard InChI is InChI=1S/C16H30N2O/c1-2-13-11-14(12-13)18-9-5-16(6-10-18)19-15-3-7-17-8-4-15/h13-17H,2-12H2,1H3. The number of hydrogen-bond donors (Lipinski definition) is 1. The number of likely N-dealkylation sites (tertiary alicyclic amines) is 1. The third-order valence-corrected chi connectivity index (χ3v) is 5.45. The van der Waals surface area contributed by atoms with E-state index in [-0.39, 0.29) is 0 Å². The Labute approximate surface area is 118 Å². The van der Waals surface area contributed by atoms with Gasteiger partial charge in [0.2, 0.25) is 0 Å². The second-order valence-corrected chi connectivity index (χ2v) is 6.72. The lowest BCUT2D eigenvalue weighted by Crippen LogP contribution is -2.49. The molecule has 3 fully saturated rings. The van der Waals surface area contributed by atoms with Gasteiger partial charge in [0, 0.05) is 19.1 Å². The van der Waals surface area contributed by atoms with Crippen molar-refractivity contribution in [2.45, 2.75) is 70.1 Å². The molecule has 1 N–H and O–H groups in total. The summed E-state index contributed by atoms with van der Waals surface area (Å²) in [6, 6.07) is 0.907. The van der Waals surface area contributed by atoms with Crippen LogP contribution in [0.2, 0.25) is 0 Å². The molecule has 0 unspecified atom stereocenters. The molecule has 0 aromatic heterocycles. The molecule has 0 aromatic carbocycles. The van der Waals surface area contributed by atoms with Crippen LogP contribution in [0.1, 0.15) is 51.9 Å². The molecular weight excluding hydrogens is 236 g/mol. The van der Waals surface area contributed by atoms with Gasteiger partial charge in [-0.1, -0.05) is 13.3 Å². The van der Waals surface area contributed by atoms with Gasteiger partial charge in [0.15, 0.2) is 0 Å². The van der Waals surface area contributed by atoms with Gasteiger partial charge in [-0.05, 0) is 57.5 Å². The minimum atomic E-state index is 0.533. The predicted octanol–water partition coefficient (Wildman–Crippen LogP) is 2.41. The van der Waals surface area contributed by atoms with Crippen molar-refractivity contribution in [1.82, 2.24) is 10.2 Å². The fraction of sp³-hybridized carbons (Fsp3) is 1.00. The van der Waals surface area contributed by atoms with Crippen LogP contribution in [0.5, 0.6) is 0 Å². The minimum Gasteiger partial charge on any atom is -0.375 e. The van der Waals surface area contributed by atoms with E-state index in [4.69, 9.17) is 4.74 Å². The summed E-state index contributed by atoms with van der Waals surface area (Å²) in [4.78, 5) is 2.73. The third kappa shape index (κ3) is 3.50. The van der Waals surface area contributed by atoms with Crippen LogP contribution in [0.15, 0.2) is 0 Å². The first kappa shape index (κ1) is 13.8. The SMILES string of the molecule is CCC1CC(N2CCC(OC3CCNCC3)CC2)C1. The predicted molar refractivity (Wildman–Crippen MR) is 78.4 cm³/mol. The zero-order chi connectivity index (χ0) is 13.1. The number of piperidine rings is 2. The fourth-order valence-corrected chi connectivity index (χ4v) is 3.91. The normalized spacial score (nSPS) is 35.2. The second-order valence-electron chi connectivity index (χ2n) is 6.72. The first-order chi connectivity index (χ1) is 9.35. The van der Waals surface area contributed by atoms with Crippen molar-refractivity contribution in [3.05, 3.63) is 0 Å². The van der Waals surface area contributed by atoms with Crippen molar-refractivity contribution in [2.24, 2.45) is 5.92 Å². The van der Waals surface area contributed by atoms with Crippen LogP contribution in [-0.2, 0) is 4.74 Å². The van der Waals surface area contributed by atoms with Crippen molar-refractivity contribution in [3.8, 4) is 0 Å². The van der Waals surface area contributed by atoms with Gasteiger partial charge in [0.1, 0.15) is 0 Å². The Bertz CT molecular complexity index is 264. The summed E-state index contributed by atoms with van der Waals surface area (Å²) < 4.78 is 6.29. The maximum atomic E-state index is 6.29. The summed E-state index contributed by atoms with van der Waals surface area (Å²) in [5.74, 6) is 1.02. The van der Waals surface area contributed by atoms with Crippen molar-refractivity contribution in [1.29, 1.82) is 0 Å². The Kier molecular flexibility index (Phi) is 4.78. The van der Waals surface area contributed by atoms with E-state index >= 15 is 0 Å². The number of rotatable bonds is 4. The van der Waals surface area contributed by atoms with E-state index in [1.807, 2.05) is 0 Å². The zero-order valence-corrected chi connectivity index (χ0v) is 12.4. The summed E-state index contributed by atoms with van der Waals surface area (Å²) in [5.41, 5.74) is 0. The van der Waals surface area contributed by atoms with Crippen LogP contribution in [0, 0.1) is 5.92 Å². The number of nitrogens with zero attached hydrogens (tertiary/aromatic N) is 1. The molecule has 0 aromatic rings. The quantitative estimate of drug-likeness (QED) is 0.845. The van der Waals surface area contributed by atoms with Crippen molar-refractivity contribution < 1.29 is 4.74 Å². The molecule has 2 aliphatic heterocycles. The molecule has 1 aliphatic carbocycles.